The number of aromatic nitrogens is 3. The summed E-state index contributed by atoms with van der Waals surface area (Å²) in [4.78, 5) is 4.09. The molecule has 0 fully saturated rings. The average Bonchev–Trinajstić information content (AvgIpc) is 2.88. The molecule has 21 heavy (non-hydrogen) atoms. The molecule has 0 aliphatic heterocycles. The number of hydrogen-bond donors (Lipinski definition) is 1. The second-order valence-electron chi connectivity index (χ2n) is 4.95. The third-order valence-electron chi connectivity index (χ3n) is 3.30. The number of rotatable bonds is 7. The predicted octanol–water partition coefficient (Wildman–Crippen LogP) is 2.59. The number of nitrogens with zero attached hydrogens (tertiary/aromatic N) is 3. The fraction of sp³-hybridized carbons (Fsp3) is 0.467. The highest BCUT2D eigenvalue weighted by Crippen LogP contribution is 2.26. The topological polar surface area (TPSA) is 52.0 Å². The van der Waals surface area contributed by atoms with Gasteiger partial charge in [-0.1, -0.05) is 13.0 Å². The largest absolute Gasteiger partial charge is 0.485 e. The molecule has 0 amide bonds. The van der Waals surface area contributed by atoms with Crippen molar-refractivity contribution in [3.05, 3.63) is 41.7 Å². The minimum absolute atomic E-state index is 0.0973. The average molecular weight is 292 g/mol. The zero-order valence-electron chi connectivity index (χ0n) is 12.6. The zero-order chi connectivity index (χ0) is 15.2. The van der Waals surface area contributed by atoms with Crippen molar-refractivity contribution in [3.63, 3.8) is 0 Å². The van der Waals surface area contributed by atoms with Crippen molar-refractivity contribution in [3.8, 4) is 5.75 Å². The molecule has 6 heteroatoms. The molecule has 0 radical (unpaired) electrons. The summed E-state index contributed by atoms with van der Waals surface area (Å²) >= 11 is 0. The summed E-state index contributed by atoms with van der Waals surface area (Å²) in [6.45, 7) is 5.31. The maximum atomic E-state index is 13.5. The number of hydrogen-bond acceptors (Lipinski definition) is 4. The van der Waals surface area contributed by atoms with Crippen molar-refractivity contribution in [1.29, 1.82) is 0 Å². The summed E-state index contributed by atoms with van der Waals surface area (Å²) < 4.78 is 20.9. The molecule has 1 N–H and O–H groups in total. The van der Waals surface area contributed by atoms with Crippen LogP contribution in [0.1, 0.15) is 37.7 Å². The van der Waals surface area contributed by atoms with Crippen molar-refractivity contribution in [2.45, 2.75) is 32.9 Å². The Morgan fingerprint density at radius 3 is 2.90 bits per heavy atom. The Kier molecular flexibility index (Phi) is 5.27. The third-order valence-corrected chi connectivity index (χ3v) is 3.30. The lowest BCUT2D eigenvalue weighted by Gasteiger charge is -2.18. The molecule has 0 saturated carbocycles. The van der Waals surface area contributed by atoms with Gasteiger partial charge >= 0.3 is 0 Å². The van der Waals surface area contributed by atoms with Crippen LogP contribution in [0.15, 0.2) is 24.5 Å². The molecule has 114 valence electrons. The van der Waals surface area contributed by atoms with E-state index in [0.29, 0.717) is 11.6 Å². The second kappa shape index (κ2) is 7.17. The van der Waals surface area contributed by atoms with E-state index >= 15 is 0 Å². The molecule has 1 aromatic heterocycles. The standard InChI is InChI=1S/C15H21FN4O/c1-4-7-17-11(2)13-6-5-12(16)8-14(13)21-9-15-18-10-19-20(15)3/h5-6,8,10-11,17H,4,7,9H2,1-3H3. The van der Waals surface area contributed by atoms with Gasteiger partial charge in [-0.25, -0.2) is 9.37 Å². The van der Waals surface area contributed by atoms with E-state index in [1.807, 2.05) is 6.92 Å². The van der Waals surface area contributed by atoms with E-state index in [-0.39, 0.29) is 18.5 Å². The van der Waals surface area contributed by atoms with Crippen LogP contribution in [0.5, 0.6) is 5.75 Å². The van der Waals surface area contributed by atoms with E-state index in [1.165, 1.54) is 18.5 Å². The predicted molar refractivity (Wildman–Crippen MR) is 78.4 cm³/mol. The van der Waals surface area contributed by atoms with E-state index in [2.05, 4.69) is 22.3 Å². The fourth-order valence-electron chi connectivity index (χ4n) is 2.05. The molecule has 0 bridgehead atoms. The van der Waals surface area contributed by atoms with Gasteiger partial charge in [-0.15, -0.1) is 0 Å². The molecule has 1 aromatic carbocycles. The normalized spacial score (nSPS) is 12.4. The van der Waals surface area contributed by atoms with Crippen LogP contribution in [0.3, 0.4) is 0 Å². The summed E-state index contributed by atoms with van der Waals surface area (Å²) in [5.74, 6) is 0.919. The minimum atomic E-state index is -0.311. The van der Waals surface area contributed by atoms with Gasteiger partial charge in [0.15, 0.2) is 5.82 Å². The molecule has 5 nitrogen and oxygen atoms in total. The molecular formula is C15H21FN4O. The van der Waals surface area contributed by atoms with Gasteiger partial charge in [-0.3, -0.25) is 4.68 Å². The van der Waals surface area contributed by atoms with Gasteiger partial charge in [0, 0.05) is 24.7 Å². The molecule has 0 aliphatic rings. The summed E-state index contributed by atoms with van der Waals surface area (Å²) in [6, 6.07) is 4.72. The molecule has 0 saturated heterocycles. The van der Waals surface area contributed by atoms with Crippen molar-refractivity contribution in [2.75, 3.05) is 6.54 Å². The lowest BCUT2D eigenvalue weighted by molar-refractivity contribution is 0.282. The van der Waals surface area contributed by atoms with Crippen LogP contribution in [-0.4, -0.2) is 21.3 Å². The Labute approximate surface area is 124 Å². The number of ether oxygens (including phenoxy) is 1. The minimum Gasteiger partial charge on any atom is -0.485 e. The maximum absolute atomic E-state index is 13.5. The molecule has 0 aliphatic carbocycles. The van der Waals surface area contributed by atoms with Gasteiger partial charge in [-0.2, -0.15) is 5.10 Å². The number of benzene rings is 1. The van der Waals surface area contributed by atoms with E-state index in [4.69, 9.17) is 4.74 Å². The van der Waals surface area contributed by atoms with Gasteiger partial charge in [0.2, 0.25) is 0 Å². The van der Waals surface area contributed by atoms with E-state index in [9.17, 15) is 4.39 Å². The molecule has 0 spiro atoms. The summed E-state index contributed by atoms with van der Waals surface area (Å²) in [6.07, 6.45) is 2.51. The first kappa shape index (κ1) is 15.4. The van der Waals surface area contributed by atoms with E-state index in [1.54, 1.807) is 17.8 Å². The summed E-state index contributed by atoms with van der Waals surface area (Å²) in [5, 5.41) is 7.36. The lowest BCUT2D eigenvalue weighted by atomic mass is 10.1. The van der Waals surface area contributed by atoms with Crippen LogP contribution in [0.25, 0.3) is 0 Å². The highest BCUT2D eigenvalue weighted by Gasteiger charge is 2.13. The second-order valence-corrected chi connectivity index (χ2v) is 4.95. The lowest BCUT2D eigenvalue weighted by Crippen LogP contribution is -2.20. The maximum Gasteiger partial charge on any atom is 0.164 e. The first-order valence-corrected chi connectivity index (χ1v) is 7.10. The molecule has 1 unspecified atom stereocenters. The van der Waals surface area contributed by atoms with Crippen molar-refractivity contribution in [2.24, 2.45) is 7.05 Å². The number of halogens is 1. The molecule has 2 aromatic rings. The van der Waals surface area contributed by atoms with Crippen LogP contribution in [0.4, 0.5) is 4.39 Å². The molecular weight excluding hydrogens is 271 g/mol. The van der Waals surface area contributed by atoms with Gasteiger partial charge in [0.25, 0.3) is 0 Å². The zero-order valence-corrected chi connectivity index (χ0v) is 12.6. The monoisotopic (exact) mass is 292 g/mol. The van der Waals surface area contributed by atoms with Crippen LogP contribution in [-0.2, 0) is 13.7 Å². The summed E-state index contributed by atoms with van der Waals surface area (Å²) in [5.41, 5.74) is 0.937. The highest BCUT2D eigenvalue weighted by molar-refractivity contribution is 5.36. The van der Waals surface area contributed by atoms with Crippen molar-refractivity contribution in [1.82, 2.24) is 20.1 Å². The Bertz CT molecular complexity index is 585. The Balaban J connectivity index is 2.13. The summed E-state index contributed by atoms with van der Waals surface area (Å²) in [7, 11) is 1.80. The number of aryl methyl sites for hydroxylation is 1. The van der Waals surface area contributed by atoms with Crippen LogP contribution in [0.2, 0.25) is 0 Å². The van der Waals surface area contributed by atoms with Gasteiger partial charge < -0.3 is 10.1 Å². The smallest absolute Gasteiger partial charge is 0.164 e. The van der Waals surface area contributed by atoms with Crippen LogP contribution >= 0.6 is 0 Å². The first-order valence-electron chi connectivity index (χ1n) is 7.10. The van der Waals surface area contributed by atoms with E-state index < -0.39 is 0 Å². The van der Waals surface area contributed by atoms with Gasteiger partial charge in [0.05, 0.1) is 0 Å². The van der Waals surface area contributed by atoms with Crippen LogP contribution in [0, 0.1) is 5.82 Å². The fourth-order valence-corrected chi connectivity index (χ4v) is 2.05. The van der Waals surface area contributed by atoms with Crippen LogP contribution < -0.4 is 10.1 Å². The highest BCUT2D eigenvalue weighted by atomic mass is 19.1. The van der Waals surface area contributed by atoms with Gasteiger partial charge in [0.1, 0.15) is 24.5 Å². The number of nitrogens with one attached hydrogen (secondary N) is 1. The van der Waals surface area contributed by atoms with Crippen molar-refractivity contribution >= 4 is 0 Å². The Morgan fingerprint density at radius 2 is 2.24 bits per heavy atom. The third kappa shape index (κ3) is 4.01. The molecule has 1 heterocycles. The van der Waals surface area contributed by atoms with Gasteiger partial charge in [-0.05, 0) is 26.0 Å². The SMILES string of the molecule is CCCNC(C)c1ccc(F)cc1OCc1ncnn1C. The Morgan fingerprint density at radius 1 is 1.43 bits per heavy atom. The first-order chi connectivity index (χ1) is 10.1. The Hall–Kier alpha value is -1.95. The molecule has 1 atom stereocenters. The quantitative estimate of drug-likeness (QED) is 0.852. The van der Waals surface area contributed by atoms with Crippen molar-refractivity contribution < 1.29 is 9.13 Å². The molecule has 2 rings (SSSR count). The van der Waals surface area contributed by atoms with E-state index in [0.717, 1.165) is 18.5 Å².